The van der Waals surface area contributed by atoms with Crippen LogP contribution in [-0.2, 0) is 11.3 Å². The SMILES string of the molecule is C[C@@H]1CCCC[C@@H]1OCCNc1ncnc2c1cnn2CCC#N. The molecular weight excluding hydrogens is 304 g/mol. The standard InChI is InChI=1S/C17H24N6O/c1-13-5-2-3-6-15(13)24-10-8-19-16-14-11-22-23(9-4-7-18)17(14)21-12-20-16/h11-13,15H,2-6,8-10H2,1H3,(H,19,20,21)/t13-,15+/m1/s1. The maximum absolute atomic E-state index is 8.71. The van der Waals surface area contributed by atoms with Crippen molar-refractivity contribution in [2.24, 2.45) is 5.92 Å². The van der Waals surface area contributed by atoms with Crippen LogP contribution in [-0.4, -0.2) is 39.0 Å². The smallest absolute Gasteiger partial charge is 0.163 e. The third kappa shape index (κ3) is 3.82. The van der Waals surface area contributed by atoms with Gasteiger partial charge in [-0.3, -0.25) is 0 Å². The van der Waals surface area contributed by atoms with E-state index in [0.29, 0.717) is 38.1 Å². The van der Waals surface area contributed by atoms with E-state index in [1.165, 1.54) is 32.0 Å². The molecule has 0 spiro atoms. The Hall–Kier alpha value is -2.20. The van der Waals surface area contributed by atoms with E-state index in [1.54, 1.807) is 10.9 Å². The Morgan fingerprint density at radius 1 is 1.38 bits per heavy atom. The summed E-state index contributed by atoms with van der Waals surface area (Å²) in [5.74, 6) is 1.42. The highest BCUT2D eigenvalue weighted by Gasteiger charge is 2.21. The molecule has 0 amide bonds. The normalized spacial score (nSPS) is 20.8. The summed E-state index contributed by atoms with van der Waals surface area (Å²) in [5.41, 5.74) is 0.754. The van der Waals surface area contributed by atoms with Gasteiger partial charge in [-0.25, -0.2) is 14.6 Å². The Balaban J connectivity index is 1.55. The summed E-state index contributed by atoms with van der Waals surface area (Å²) in [6.45, 7) is 4.20. The molecule has 0 aliphatic heterocycles. The molecule has 2 atom stereocenters. The van der Waals surface area contributed by atoms with Crippen molar-refractivity contribution < 1.29 is 4.74 Å². The van der Waals surface area contributed by atoms with Crippen LogP contribution >= 0.6 is 0 Å². The molecule has 0 unspecified atom stereocenters. The second-order valence-corrected chi connectivity index (χ2v) is 6.33. The first-order valence-electron chi connectivity index (χ1n) is 8.68. The molecular formula is C17H24N6O. The van der Waals surface area contributed by atoms with Crippen molar-refractivity contribution in [1.82, 2.24) is 19.7 Å². The van der Waals surface area contributed by atoms with Crippen molar-refractivity contribution in [1.29, 1.82) is 5.26 Å². The molecule has 0 radical (unpaired) electrons. The van der Waals surface area contributed by atoms with Crippen molar-refractivity contribution in [2.75, 3.05) is 18.5 Å². The molecule has 1 saturated carbocycles. The number of nitrogens with one attached hydrogen (secondary N) is 1. The van der Waals surface area contributed by atoms with Gasteiger partial charge in [0.1, 0.15) is 12.1 Å². The van der Waals surface area contributed by atoms with Gasteiger partial charge in [-0.05, 0) is 18.8 Å². The fraction of sp³-hybridized carbons (Fsp3) is 0.647. The summed E-state index contributed by atoms with van der Waals surface area (Å²) >= 11 is 0. The molecule has 24 heavy (non-hydrogen) atoms. The van der Waals surface area contributed by atoms with Crippen LogP contribution in [0.5, 0.6) is 0 Å². The molecule has 1 fully saturated rings. The van der Waals surface area contributed by atoms with E-state index in [4.69, 9.17) is 10.00 Å². The molecule has 1 N–H and O–H groups in total. The van der Waals surface area contributed by atoms with Crippen LogP contribution in [0.3, 0.4) is 0 Å². The molecule has 2 aromatic heterocycles. The lowest BCUT2D eigenvalue weighted by Crippen LogP contribution is -2.27. The molecule has 0 bridgehead atoms. The predicted molar refractivity (Wildman–Crippen MR) is 91.4 cm³/mol. The van der Waals surface area contributed by atoms with E-state index >= 15 is 0 Å². The summed E-state index contributed by atoms with van der Waals surface area (Å²) in [4.78, 5) is 8.58. The summed E-state index contributed by atoms with van der Waals surface area (Å²) in [6.07, 6.45) is 9.12. The van der Waals surface area contributed by atoms with Gasteiger partial charge in [0, 0.05) is 6.54 Å². The van der Waals surface area contributed by atoms with Gasteiger partial charge in [-0.2, -0.15) is 10.4 Å². The van der Waals surface area contributed by atoms with Gasteiger partial charge < -0.3 is 10.1 Å². The van der Waals surface area contributed by atoms with Crippen molar-refractivity contribution in [3.8, 4) is 6.07 Å². The Morgan fingerprint density at radius 2 is 2.25 bits per heavy atom. The lowest BCUT2D eigenvalue weighted by atomic mass is 9.88. The molecule has 0 saturated heterocycles. The number of aromatic nitrogens is 4. The van der Waals surface area contributed by atoms with Gasteiger partial charge >= 0.3 is 0 Å². The summed E-state index contributed by atoms with van der Waals surface area (Å²) in [5, 5.41) is 17.2. The highest BCUT2D eigenvalue weighted by Crippen LogP contribution is 2.26. The summed E-state index contributed by atoms with van der Waals surface area (Å²) < 4.78 is 7.77. The minimum atomic E-state index is 0.389. The molecule has 7 nitrogen and oxygen atoms in total. The molecule has 1 aliphatic rings. The van der Waals surface area contributed by atoms with Crippen molar-refractivity contribution >= 4 is 16.9 Å². The summed E-state index contributed by atoms with van der Waals surface area (Å²) in [7, 11) is 0. The number of nitrogens with zero attached hydrogens (tertiary/aromatic N) is 5. The highest BCUT2D eigenvalue weighted by molar-refractivity contribution is 5.85. The lowest BCUT2D eigenvalue weighted by Gasteiger charge is -2.28. The van der Waals surface area contributed by atoms with Crippen LogP contribution < -0.4 is 5.32 Å². The average molecular weight is 328 g/mol. The van der Waals surface area contributed by atoms with Gasteiger partial charge in [0.25, 0.3) is 0 Å². The Bertz CT molecular complexity index is 707. The van der Waals surface area contributed by atoms with Crippen LogP contribution in [0.2, 0.25) is 0 Å². The van der Waals surface area contributed by atoms with E-state index in [-0.39, 0.29) is 0 Å². The lowest BCUT2D eigenvalue weighted by molar-refractivity contribution is 0.000380. The van der Waals surface area contributed by atoms with E-state index in [2.05, 4.69) is 33.4 Å². The average Bonchev–Trinajstić information content (AvgIpc) is 3.02. The molecule has 0 aromatic carbocycles. The van der Waals surface area contributed by atoms with Crippen LogP contribution in [0.15, 0.2) is 12.5 Å². The molecule has 2 heterocycles. The number of nitriles is 1. The van der Waals surface area contributed by atoms with Crippen molar-refractivity contribution in [2.45, 2.75) is 51.7 Å². The van der Waals surface area contributed by atoms with Crippen LogP contribution in [0.4, 0.5) is 5.82 Å². The van der Waals surface area contributed by atoms with Crippen molar-refractivity contribution in [3.05, 3.63) is 12.5 Å². The number of rotatable bonds is 7. The van der Waals surface area contributed by atoms with E-state index in [1.807, 2.05) is 0 Å². The first kappa shape index (κ1) is 16.7. The monoisotopic (exact) mass is 328 g/mol. The zero-order valence-corrected chi connectivity index (χ0v) is 14.1. The van der Waals surface area contributed by atoms with E-state index in [0.717, 1.165) is 16.9 Å². The van der Waals surface area contributed by atoms with E-state index < -0.39 is 0 Å². The van der Waals surface area contributed by atoms with Crippen LogP contribution in [0.25, 0.3) is 11.0 Å². The molecule has 128 valence electrons. The predicted octanol–water partition coefficient (Wildman–Crippen LogP) is 2.75. The number of hydrogen-bond donors (Lipinski definition) is 1. The molecule has 1 aliphatic carbocycles. The first-order valence-corrected chi connectivity index (χ1v) is 8.68. The Kier molecular flexibility index (Phi) is 5.59. The van der Waals surface area contributed by atoms with Crippen molar-refractivity contribution in [3.63, 3.8) is 0 Å². The minimum absolute atomic E-state index is 0.389. The number of fused-ring (bicyclic) bond motifs is 1. The topological polar surface area (TPSA) is 88.7 Å². The zero-order valence-electron chi connectivity index (χ0n) is 14.1. The highest BCUT2D eigenvalue weighted by atomic mass is 16.5. The minimum Gasteiger partial charge on any atom is -0.376 e. The molecule has 2 aromatic rings. The van der Waals surface area contributed by atoms with Gasteiger partial charge in [-0.1, -0.05) is 19.8 Å². The van der Waals surface area contributed by atoms with E-state index in [9.17, 15) is 0 Å². The van der Waals surface area contributed by atoms with Crippen LogP contribution in [0.1, 0.15) is 39.0 Å². The number of aryl methyl sites for hydroxylation is 1. The van der Waals surface area contributed by atoms with Gasteiger partial charge in [0.05, 0.1) is 43.3 Å². The second kappa shape index (κ2) is 8.06. The summed E-state index contributed by atoms with van der Waals surface area (Å²) in [6, 6.07) is 2.13. The first-order chi connectivity index (χ1) is 11.8. The third-order valence-electron chi connectivity index (χ3n) is 4.63. The van der Waals surface area contributed by atoms with Gasteiger partial charge in [0.2, 0.25) is 0 Å². The van der Waals surface area contributed by atoms with Gasteiger partial charge in [0.15, 0.2) is 5.65 Å². The fourth-order valence-corrected chi connectivity index (χ4v) is 3.26. The number of anilines is 1. The third-order valence-corrected chi connectivity index (χ3v) is 4.63. The number of ether oxygens (including phenoxy) is 1. The quantitative estimate of drug-likeness (QED) is 0.786. The number of hydrogen-bond acceptors (Lipinski definition) is 6. The maximum atomic E-state index is 8.71. The van der Waals surface area contributed by atoms with Crippen LogP contribution in [0, 0.1) is 17.2 Å². The zero-order chi connectivity index (χ0) is 16.8. The second-order valence-electron chi connectivity index (χ2n) is 6.33. The molecule has 7 heteroatoms. The Morgan fingerprint density at radius 3 is 3.08 bits per heavy atom. The molecule has 3 rings (SSSR count). The Labute approximate surface area is 142 Å². The maximum Gasteiger partial charge on any atom is 0.163 e. The fourth-order valence-electron chi connectivity index (χ4n) is 3.26. The largest absolute Gasteiger partial charge is 0.376 e. The van der Waals surface area contributed by atoms with Gasteiger partial charge in [-0.15, -0.1) is 0 Å².